The molecule has 0 heterocycles. The van der Waals surface area contributed by atoms with Crippen molar-refractivity contribution in [3.8, 4) is 0 Å². The third-order valence-corrected chi connectivity index (χ3v) is 1.76. The molecular formula is C9H19N. The van der Waals surface area contributed by atoms with Gasteiger partial charge in [-0.3, -0.25) is 0 Å². The average molecular weight is 141 g/mol. The van der Waals surface area contributed by atoms with E-state index in [1.807, 2.05) is 6.92 Å². The number of nitrogens with one attached hydrogen (secondary N) is 1. The van der Waals surface area contributed by atoms with Crippen LogP contribution in [0.4, 0.5) is 0 Å². The largest absolute Gasteiger partial charge is 0.389 e. The van der Waals surface area contributed by atoms with Crippen molar-refractivity contribution in [2.24, 2.45) is 5.92 Å². The number of hydrogen-bond donors (Lipinski definition) is 1. The summed E-state index contributed by atoms with van der Waals surface area (Å²) in [6.07, 6.45) is 2.53. The standard InChI is InChI=1S/C9H19N/c1-5-9(4)6-7-10-8(2)3/h9-10H,2,5-7H2,1,3-4H3. The Balaban J connectivity index is 3.11. The summed E-state index contributed by atoms with van der Waals surface area (Å²) in [5.74, 6) is 0.840. The summed E-state index contributed by atoms with van der Waals surface area (Å²) >= 11 is 0. The van der Waals surface area contributed by atoms with Gasteiger partial charge in [-0.25, -0.2) is 0 Å². The van der Waals surface area contributed by atoms with Crippen molar-refractivity contribution in [3.05, 3.63) is 12.3 Å². The van der Waals surface area contributed by atoms with Gasteiger partial charge in [-0.15, -0.1) is 0 Å². The molecule has 0 spiro atoms. The zero-order valence-corrected chi connectivity index (χ0v) is 7.41. The quantitative estimate of drug-likeness (QED) is 0.620. The van der Waals surface area contributed by atoms with E-state index in [1.54, 1.807) is 0 Å². The van der Waals surface area contributed by atoms with Gasteiger partial charge in [0.1, 0.15) is 0 Å². The summed E-state index contributed by atoms with van der Waals surface area (Å²) in [5.41, 5.74) is 1.07. The molecule has 0 rings (SSSR count). The van der Waals surface area contributed by atoms with E-state index in [1.165, 1.54) is 12.8 Å². The van der Waals surface area contributed by atoms with Crippen LogP contribution in [0, 0.1) is 5.92 Å². The highest BCUT2D eigenvalue weighted by atomic mass is 14.9. The van der Waals surface area contributed by atoms with E-state index in [0.717, 1.165) is 18.2 Å². The van der Waals surface area contributed by atoms with E-state index < -0.39 is 0 Å². The third-order valence-electron chi connectivity index (χ3n) is 1.76. The maximum atomic E-state index is 3.77. The van der Waals surface area contributed by atoms with Gasteiger partial charge in [-0.1, -0.05) is 26.8 Å². The highest BCUT2D eigenvalue weighted by molar-refractivity contribution is 4.83. The van der Waals surface area contributed by atoms with Gasteiger partial charge in [0.05, 0.1) is 0 Å². The molecule has 0 saturated carbocycles. The van der Waals surface area contributed by atoms with Gasteiger partial charge in [-0.05, 0) is 19.3 Å². The molecule has 1 unspecified atom stereocenters. The topological polar surface area (TPSA) is 12.0 Å². The Bertz CT molecular complexity index is 96.9. The predicted molar refractivity (Wildman–Crippen MR) is 46.9 cm³/mol. The molecule has 1 atom stereocenters. The van der Waals surface area contributed by atoms with E-state index in [9.17, 15) is 0 Å². The van der Waals surface area contributed by atoms with Crippen LogP contribution in [-0.2, 0) is 0 Å². The SMILES string of the molecule is C=C(C)NCCC(C)CC. The Morgan fingerprint density at radius 2 is 2.20 bits per heavy atom. The van der Waals surface area contributed by atoms with E-state index in [2.05, 4.69) is 25.7 Å². The molecule has 0 aliphatic heterocycles. The fourth-order valence-corrected chi connectivity index (χ4v) is 0.736. The van der Waals surface area contributed by atoms with Crippen molar-refractivity contribution in [1.82, 2.24) is 5.32 Å². The second kappa shape index (κ2) is 5.33. The van der Waals surface area contributed by atoms with Gasteiger partial charge in [0.25, 0.3) is 0 Å². The maximum absolute atomic E-state index is 3.77. The first-order chi connectivity index (χ1) is 4.66. The normalized spacial score (nSPS) is 12.7. The highest BCUT2D eigenvalue weighted by Gasteiger charge is 1.96. The lowest BCUT2D eigenvalue weighted by molar-refractivity contribution is 0.504. The van der Waals surface area contributed by atoms with Crippen molar-refractivity contribution in [2.75, 3.05) is 6.54 Å². The Morgan fingerprint density at radius 1 is 1.60 bits per heavy atom. The van der Waals surface area contributed by atoms with E-state index in [0.29, 0.717) is 0 Å². The highest BCUT2D eigenvalue weighted by Crippen LogP contribution is 2.04. The van der Waals surface area contributed by atoms with Crippen LogP contribution in [0.15, 0.2) is 12.3 Å². The summed E-state index contributed by atoms with van der Waals surface area (Å²) in [5, 5.41) is 3.22. The fraction of sp³-hybridized carbons (Fsp3) is 0.778. The predicted octanol–water partition coefficient (Wildman–Crippen LogP) is 2.55. The average Bonchev–Trinajstić information content (AvgIpc) is 1.87. The lowest BCUT2D eigenvalue weighted by Crippen LogP contribution is -2.14. The van der Waals surface area contributed by atoms with Crippen molar-refractivity contribution in [3.63, 3.8) is 0 Å². The van der Waals surface area contributed by atoms with Gasteiger partial charge in [-0.2, -0.15) is 0 Å². The molecule has 0 aromatic carbocycles. The van der Waals surface area contributed by atoms with Crippen LogP contribution in [0.3, 0.4) is 0 Å². The van der Waals surface area contributed by atoms with E-state index in [4.69, 9.17) is 0 Å². The minimum atomic E-state index is 0.840. The van der Waals surface area contributed by atoms with E-state index >= 15 is 0 Å². The zero-order chi connectivity index (χ0) is 7.98. The summed E-state index contributed by atoms with van der Waals surface area (Å²) in [4.78, 5) is 0. The van der Waals surface area contributed by atoms with Gasteiger partial charge < -0.3 is 5.32 Å². The summed E-state index contributed by atoms with van der Waals surface area (Å²) in [6.45, 7) is 11.3. The molecule has 0 aromatic heterocycles. The summed E-state index contributed by atoms with van der Waals surface area (Å²) in [6, 6.07) is 0. The molecule has 0 saturated heterocycles. The van der Waals surface area contributed by atoms with Crippen LogP contribution in [0.25, 0.3) is 0 Å². The van der Waals surface area contributed by atoms with E-state index in [-0.39, 0.29) is 0 Å². The molecule has 0 radical (unpaired) electrons. The molecule has 0 bridgehead atoms. The van der Waals surface area contributed by atoms with Crippen molar-refractivity contribution in [2.45, 2.75) is 33.6 Å². The second-order valence-corrected chi connectivity index (χ2v) is 3.01. The lowest BCUT2D eigenvalue weighted by Gasteiger charge is -2.09. The molecule has 1 heteroatoms. The summed E-state index contributed by atoms with van der Waals surface area (Å²) < 4.78 is 0. The van der Waals surface area contributed by atoms with Crippen molar-refractivity contribution < 1.29 is 0 Å². The first-order valence-electron chi connectivity index (χ1n) is 4.06. The van der Waals surface area contributed by atoms with Crippen LogP contribution in [0.5, 0.6) is 0 Å². The molecule has 1 N–H and O–H groups in total. The monoisotopic (exact) mass is 141 g/mol. The van der Waals surface area contributed by atoms with Gasteiger partial charge in [0.15, 0.2) is 0 Å². The van der Waals surface area contributed by atoms with Crippen LogP contribution < -0.4 is 5.32 Å². The van der Waals surface area contributed by atoms with Crippen molar-refractivity contribution >= 4 is 0 Å². The Kier molecular flexibility index (Phi) is 5.09. The molecule has 10 heavy (non-hydrogen) atoms. The lowest BCUT2D eigenvalue weighted by atomic mass is 10.1. The van der Waals surface area contributed by atoms with Gasteiger partial charge in [0, 0.05) is 12.2 Å². The summed E-state index contributed by atoms with van der Waals surface area (Å²) in [7, 11) is 0. The van der Waals surface area contributed by atoms with Gasteiger partial charge in [0.2, 0.25) is 0 Å². The molecule has 0 fully saturated rings. The molecule has 0 aliphatic rings. The Morgan fingerprint density at radius 3 is 2.60 bits per heavy atom. The first-order valence-corrected chi connectivity index (χ1v) is 4.06. The molecule has 0 aliphatic carbocycles. The fourth-order valence-electron chi connectivity index (χ4n) is 0.736. The molecule has 0 aromatic rings. The Labute approximate surface area is 64.5 Å². The molecule has 0 amide bonds. The Hall–Kier alpha value is -0.460. The maximum Gasteiger partial charge on any atom is 0.0146 e. The molecule has 1 nitrogen and oxygen atoms in total. The minimum absolute atomic E-state index is 0.840. The second-order valence-electron chi connectivity index (χ2n) is 3.01. The number of rotatable bonds is 5. The number of allylic oxidation sites excluding steroid dienone is 1. The van der Waals surface area contributed by atoms with Crippen LogP contribution in [-0.4, -0.2) is 6.54 Å². The zero-order valence-electron chi connectivity index (χ0n) is 7.41. The minimum Gasteiger partial charge on any atom is -0.389 e. The number of hydrogen-bond acceptors (Lipinski definition) is 1. The molecule has 60 valence electrons. The van der Waals surface area contributed by atoms with Crippen LogP contribution in [0.2, 0.25) is 0 Å². The third kappa shape index (κ3) is 5.67. The van der Waals surface area contributed by atoms with Crippen LogP contribution in [0.1, 0.15) is 33.6 Å². The van der Waals surface area contributed by atoms with Gasteiger partial charge >= 0.3 is 0 Å². The molecular weight excluding hydrogens is 122 g/mol. The smallest absolute Gasteiger partial charge is 0.0146 e. The van der Waals surface area contributed by atoms with Crippen LogP contribution >= 0.6 is 0 Å². The first kappa shape index (κ1) is 9.54. The van der Waals surface area contributed by atoms with Crippen molar-refractivity contribution in [1.29, 1.82) is 0 Å².